The monoisotopic (exact) mass is 369 g/mol. The fourth-order valence-electron chi connectivity index (χ4n) is 1.40. The van der Waals surface area contributed by atoms with Crippen molar-refractivity contribution in [1.82, 2.24) is 5.09 Å². The Labute approximate surface area is 131 Å². The van der Waals surface area contributed by atoms with Crippen LogP contribution in [0.1, 0.15) is 20.3 Å². The lowest BCUT2D eigenvalue weighted by atomic mass is 10.3. The molecule has 3 unspecified atom stereocenters. The molecule has 3 atom stereocenters. The van der Waals surface area contributed by atoms with E-state index in [2.05, 4.69) is 5.09 Å². The molecule has 0 fully saturated rings. The number of rotatable bonds is 8. The zero-order valence-corrected chi connectivity index (χ0v) is 14.5. The highest BCUT2D eigenvalue weighted by Gasteiger charge is 2.37. The van der Waals surface area contributed by atoms with Gasteiger partial charge in [-0.3, -0.25) is 20.2 Å². The zero-order chi connectivity index (χ0) is 17.0. The van der Waals surface area contributed by atoms with Crippen LogP contribution in [0.3, 0.4) is 0 Å². The molecule has 0 saturated heterocycles. The maximum absolute atomic E-state index is 12.7. The molecule has 22 heavy (non-hydrogen) atoms. The molecule has 0 aliphatic carbocycles. The van der Waals surface area contributed by atoms with Crippen molar-refractivity contribution in [3.63, 3.8) is 0 Å². The predicted octanol–water partition coefficient (Wildman–Crippen LogP) is 3.26. The zero-order valence-electron chi connectivity index (χ0n) is 11.9. The molecule has 4 N–H and O–H groups in total. The molecule has 1 aromatic rings. The third kappa shape index (κ3) is 6.08. The highest BCUT2D eigenvalue weighted by atomic mass is 33.1. The summed E-state index contributed by atoms with van der Waals surface area (Å²) < 4.78 is 29.3. The molecular weight excluding hydrogens is 352 g/mol. The maximum Gasteiger partial charge on any atom is 0.385 e. The Morgan fingerprint density at radius 1 is 1.50 bits per heavy atom. The summed E-state index contributed by atoms with van der Waals surface area (Å²) in [4.78, 5) is 19.5. The summed E-state index contributed by atoms with van der Waals surface area (Å²) in [7, 11) is 0. The van der Waals surface area contributed by atoms with E-state index in [1.54, 1.807) is 13.8 Å². The normalized spacial score (nSPS) is 18.0. The quantitative estimate of drug-likeness (QED) is 0.357. The highest BCUT2D eigenvalue weighted by Crippen LogP contribution is 2.71. The molecule has 0 saturated carbocycles. The summed E-state index contributed by atoms with van der Waals surface area (Å²) in [6.45, 7) is -4.72. The van der Waals surface area contributed by atoms with Crippen molar-refractivity contribution in [3.05, 3.63) is 34.4 Å². The second-order valence-corrected chi connectivity index (χ2v) is 12.1. The first-order valence-corrected chi connectivity index (χ1v) is 11.6. The smallest absolute Gasteiger partial charge is 0.385 e. The molecule has 0 aliphatic rings. The number of nitro benzene ring substituents is 1. The van der Waals surface area contributed by atoms with Crippen molar-refractivity contribution in [3.8, 4) is 5.75 Å². The Bertz CT molecular complexity index is 637. The van der Waals surface area contributed by atoms with Crippen LogP contribution in [0, 0.1) is 10.1 Å². The van der Waals surface area contributed by atoms with Gasteiger partial charge in [0.05, 0.1) is 15.9 Å². The van der Waals surface area contributed by atoms with E-state index in [1.165, 1.54) is 24.3 Å². The highest BCUT2D eigenvalue weighted by molar-refractivity contribution is 8.85. The van der Waals surface area contributed by atoms with Crippen molar-refractivity contribution in [1.29, 1.82) is 0 Å². The second-order valence-electron chi connectivity index (χ2n) is 4.40. The standard InChI is InChI=1S/C10H17N3O6P2S/c1-3-8(2)12-21(18,22-20(11,16)17)19-10-7-5-4-6-9(10)13(14)15/h4-8H,3H2,1-2H3,(H,12,18)(H3,11,16,17). The van der Waals surface area contributed by atoms with Gasteiger partial charge in [0.25, 0.3) is 0 Å². The first kappa shape index (κ1) is 19.2. The number of nitrogens with zero attached hydrogens (tertiary/aromatic N) is 1. The lowest BCUT2D eigenvalue weighted by molar-refractivity contribution is -0.385. The summed E-state index contributed by atoms with van der Waals surface area (Å²) in [5, 5.41) is 13.5. The largest absolute Gasteiger partial charge is 0.418 e. The van der Waals surface area contributed by atoms with Crippen LogP contribution in [-0.2, 0) is 9.13 Å². The van der Waals surface area contributed by atoms with Gasteiger partial charge in [0.15, 0.2) is 0 Å². The third-order valence-electron chi connectivity index (χ3n) is 2.50. The minimum atomic E-state index is -4.23. The van der Waals surface area contributed by atoms with Gasteiger partial charge >= 0.3 is 19.1 Å². The van der Waals surface area contributed by atoms with E-state index in [-0.39, 0.29) is 22.8 Å². The van der Waals surface area contributed by atoms with Gasteiger partial charge in [0, 0.05) is 12.1 Å². The van der Waals surface area contributed by atoms with Gasteiger partial charge in [-0.2, -0.15) is 0 Å². The van der Waals surface area contributed by atoms with Crippen LogP contribution < -0.4 is 15.1 Å². The molecule has 124 valence electrons. The molecule has 0 aliphatic heterocycles. The molecule has 0 radical (unpaired) electrons. The van der Waals surface area contributed by atoms with Crippen molar-refractivity contribution < 1.29 is 23.5 Å². The molecule has 1 aromatic carbocycles. The third-order valence-corrected chi connectivity index (χ3v) is 10.1. The Hall–Kier alpha value is -0.890. The van der Waals surface area contributed by atoms with E-state index < -0.39 is 24.1 Å². The molecule has 1 rings (SSSR count). The summed E-state index contributed by atoms with van der Waals surface area (Å²) in [5.41, 5.74) is 4.63. The van der Waals surface area contributed by atoms with Crippen molar-refractivity contribution in [2.45, 2.75) is 26.3 Å². The van der Waals surface area contributed by atoms with Crippen molar-refractivity contribution in [2.75, 3.05) is 0 Å². The molecule has 0 heterocycles. The fourth-order valence-corrected chi connectivity index (χ4v) is 8.42. The number of para-hydroxylation sites is 2. The molecule has 0 amide bonds. The van der Waals surface area contributed by atoms with Gasteiger partial charge < -0.3 is 9.42 Å². The first-order chi connectivity index (χ1) is 10.1. The van der Waals surface area contributed by atoms with Gasteiger partial charge in [-0.15, -0.1) is 0 Å². The van der Waals surface area contributed by atoms with Gasteiger partial charge in [0.1, 0.15) is 0 Å². The lowest BCUT2D eigenvalue weighted by Gasteiger charge is -2.23. The molecular formula is C10H17N3O6P2S. The Morgan fingerprint density at radius 2 is 2.09 bits per heavy atom. The van der Waals surface area contributed by atoms with Gasteiger partial charge in [0.2, 0.25) is 5.75 Å². The van der Waals surface area contributed by atoms with Crippen molar-refractivity contribution in [2.24, 2.45) is 5.50 Å². The number of nitro groups is 1. The number of nitrogens with two attached hydrogens (primary N) is 1. The number of benzene rings is 1. The summed E-state index contributed by atoms with van der Waals surface area (Å²) in [6.07, 6.45) is 0.561. The molecule has 0 aromatic heterocycles. The minimum absolute atomic E-state index is 0.0516. The maximum atomic E-state index is 12.7. The lowest BCUT2D eigenvalue weighted by Crippen LogP contribution is -2.23. The summed E-state index contributed by atoms with van der Waals surface area (Å²) in [5.74, 6) is -0.271. The Kier molecular flexibility index (Phi) is 6.61. The molecule has 12 heteroatoms. The molecule has 9 nitrogen and oxygen atoms in total. The van der Waals surface area contributed by atoms with E-state index in [4.69, 9.17) is 10.0 Å². The van der Waals surface area contributed by atoms with Gasteiger partial charge in [-0.05, 0) is 19.4 Å². The summed E-state index contributed by atoms with van der Waals surface area (Å²) in [6, 6.07) is 5.00. The average molecular weight is 369 g/mol. The van der Waals surface area contributed by atoms with E-state index in [0.29, 0.717) is 6.42 Å². The topological polar surface area (TPSA) is 145 Å². The fraction of sp³-hybridized carbons (Fsp3) is 0.400. The van der Waals surface area contributed by atoms with E-state index >= 15 is 0 Å². The first-order valence-electron chi connectivity index (χ1n) is 6.20. The van der Waals surface area contributed by atoms with Crippen LogP contribution in [0.2, 0.25) is 0 Å². The van der Waals surface area contributed by atoms with Crippen molar-refractivity contribution >= 4 is 30.1 Å². The number of nitrogens with one attached hydrogen (secondary N) is 1. The van der Waals surface area contributed by atoms with Crippen LogP contribution in [0.25, 0.3) is 0 Å². The average Bonchev–Trinajstić information content (AvgIpc) is 2.36. The van der Waals surface area contributed by atoms with Crippen LogP contribution in [0.5, 0.6) is 5.75 Å². The van der Waals surface area contributed by atoms with Crippen LogP contribution in [0.4, 0.5) is 5.69 Å². The molecule has 0 bridgehead atoms. The van der Waals surface area contributed by atoms with E-state index in [9.17, 15) is 24.1 Å². The van der Waals surface area contributed by atoms with Crippen LogP contribution in [-0.4, -0.2) is 15.9 Å². The van der Waals surface area contributed by atoms with Gasteiger partial charge in [-0.1, -0.05) is 19.1 Å². The number of hydrogen-bond donors (Lipinski definition) is 3. The van der Waals surface area contributed by atoms with Crippen LogP contribution >= 0.6 is 24.4 Å². The van der Waals surface area contributed by atoms with E-state index in [1.807, 2.05) is 0 Å². The predicted molar refractivity (Wildman–Crippen MR) is 85.8 cm³/mol. The molecule has 0 spiro atoms. The Balaban J connectivity index is 3.16. The number of hydrogen-bond acceptors (Lipinski definition) is 6. The minimum Gasteiger partial charge on any atom is -0.418 e. The SMILES string of the molecule is CCC(C)NP(=O)(Oc1ccccc1[N+](=O)[O-])SP(N)(=O)O. The van der Waals surface area contributed by atoms with Gasteiger partial charge in [-0.25, -0.2) is 9.65 Å². The second kappa shape index (κ2) is 7.59. The van der Waals surface area contributed by atoms with Crippen LogP contribution in [0.15, 0.2) is 24.3 Å². The summed E-state index contributed by atoms with van der Waals surface area (Å²) >= 11 is 0.0516. The van der Waals surface area contributed by atoms with E-state index in [0.717, 1.165) is 0 Å². The Morgan fingerprint density at radius 3 is 2.59 bits per heavy atom.